The number of aliphatic carboxylic acids is 1. The lowest BCUT2D eigenvalue weighted by Crippen LogP contribution is -2.08. The van der Waals surface area contributed by atoms with E-state index in [-0.39, 0.29) is 6.42 Å². The first-order chi connectivity index (χ1) is 7.24. The highest BCUT2D eigenvalue weighted by atomic mass is 16.5. The molecule has 0 spiro atoms. The average Bonchev–Trinajstić information content (AvgIpc) is 2.62. The third kappa shape index (κ3) is 4.07. The zero-order valence-corrected chi connectivity index (χ0v) is 8.72. The molecule has 0 fully saturated rings. The van der Waals surface area contributed by atoms with Crippen molar-refractivity contribution in [2.75, 3.05) is 13.7 Å². The molecule has 0 aromatic carbocycles. The van der Waals surface area contributed by atoms with E-state index in [9.17, 15) is 4.79 Å². The van der Waals surface area contributed by atoms with E-state index in [4.69, 9.17) is 9.84 Å². The first-order valence-corrected chi connectivity index (χ1v) is 4.81. The number of aryl methyl sites for hydroxylation is 1. The van der Waals surface area contributed by atoms with Crippen LogP contribution in [0, 0.1) is 0 Å². The predicted molar refractivity (Wildman–Crippen MR) is 52.5 cm³/mol. The second-order valence-electron chi connectivity index (χ2n) is 3.18. The number of carboxylic acids is 1. The molecule has 0 amide bonds. The molecule has 0 aliphatic carbocycles. The van der Waals surface area contributed by atoms with Crippen LogP contribution in [0.15, 0.2) is 6.33 Å². The lowest BCUT2D eigenvalue weighted by Gasteiger charge is -2.04. The molecule has 0 aliphatic heterocycles. The van der Waals surface area contributed by atoms with Crippen LogP contribution in [0.25, 0.3) is 0 Å². The first kappa shape index (κ1) is 11.6. The van der Waals surface area contributed by atoms with E-state index >= 15 is 0 Å². The molecule has 0 saturated heterocycles. The number of carboxylic acid groups (broad SMARTS) is 1. The van der Waals surface area contributed by atoms with E-state index in [0.29, 0.717) is 26.0 Å². The normalized spacial score (nSPS) is 10.5. The van der Waals surface area contributed by atoms with Crippen molar-refractivity contribution in [3.05, 3.63) is 12.2 Å². The fourth-order valence-corrected chi connectivity index (χ4v) is 1.25. The van der Waals surface area contributed by atoms with Crippen molar-refractivity contribution in [3.8, 4) is 0 Å². The van der Waals surface area contributed by atoms with Gasteiger partial charge in [0, 0.05) is 26.5 Å². The average molecular weight is 213 g/mol. The van der Waals surface area contributed by atoms with Gasteiger partial charge in [-0.1, -0.05) is 0 Å². The highest BCUT2D eigenvalue weighted by Gasteiger charge is 2.05. The van der Waals surface area contributed by atoms with Crippen molar-refractivity contribution in [2.45, 2.75) is 25.8 Å². The molecule has 1 heterocycles. The fraction of sp³-hybridized carbons (Fsp3) is 0.667. The Hall–Kier alpha value is -1.43. The third-order valence-electron chi connectivity index (χ3n) is 2.02. The van der Waals surface area contributed by atoms with Gasteiger partial charge < -0.3 is 14.4 Å². The Morgan fingerprint density at radius 3 is 3.13 bits per heavy atom. The van der Waals surface area contributed by atoms with Crippen LogP contribution in [-0.4, -0.2) is 39.6 Å². The molecular formula is C9H15N3O3. The van der Waals surface area contributed by atoms with Crippen LogP contribution in [0.2, 0.25) is 0 Å². The van der Waals surface area contributed by atoms with Gasteiger partial charge in [-0.25, -0.2) is 0 Å². The van der Waals surface area contributed by atoms with Crippen LogP contribution in [0.4, 0.5) is 0 Å². The molecule has 0 bridgehead atoms. The van der Waals surface area contributed by atoms with Gasteiger partial charge in [0.1, 0.15) is 12.2 Å². The second kappa shape index (κ2) is 6.13. The molecule has 1 aromatic heterocycles. The zero-order valence-electron chi connectivity index (χ0n) is 8.72. The minimum atomic E-state index is -0.780. The van der Waals surface area contributed by atoms with Crippen LogP contribution in [-0.2, 0) is 22.5 Å². The minimum Gasteiger partial charge on any atom is -0.481 e. The van der Waals surface area contributed by atoms with Gasteiger partial charge in [0.15, 0.2) is 0 Å². The lowest BCUT2D eigenvalue weighted by atomic mass is 10.2. The Balaban J connectivity index is 2.39. The molecule has 84 valence electrons. The van der Waals surface area contributed by atoms with Gasteiger partial charge in [0.05, 0.1) is 6.61 Å². The molecule has 1 N–H and O–H groups in total. The standard InChI is InChI=1S/C9H15N3O3/c1-15-6-5-12-7-10-11-8(12)3-2-4-9(13)14/h7H,2-6H2,1H3,(H,13,14). The van der Waals surface area contributed by atoms with Crippen molar-refractivity contribution in [2.24, 2.45) is 0 Å². The summed E-state index contributed by atoms with van der Waals surface area (Å²) in [7, 11) is 1.63. The number of hydrogen-bond donors (Lipinski definition) is 1. The smallest absolute Gasteiger partial charge is 0.303 e. The van der Waals surface area contributed by atoms with Crippen molar-refractivity contribution in [1.29, 1.82) is 0 Å². The van der Waals surface area contributed by atoms with Gasteiger partial charge in [0.25, 0.3) is 0 Å². The summed E-state index contributed by atoms with van der Waals surface area (Å²) >= 11 is 0. The van der Waals surface area contributed by atoms with Crippen LogP contribution >= 0.6 is 0 Å². The minimum absolute atomic E-state index is 0.164. The summed E-state index contributed by atoms with van der Waals surface area (Å²) in [5, 5.41) is 16.2. The van der Waals surface area contributed by atoms with Gasteiger partial charge in [-0.3, -0.25) is 4.79 Å². The van der Waals surface area contributed by atoms with E-state index < -0.39 is 5.97 Å². The first-order valence-electron chi connectivity index (χ1n) is 4.81. The zero-order chi connectivity index (χ0) is 11.1. The summed E-state index contributed by atoms with van der Waals surface area (Å²) in [5.74, 6) is 0.0336. The van der Waals surface area contributed by atoms with Crippen molar-refractivity contribution in [1.82, 2.24) is 14.8 Å². The Morgan fingerprint density at radius 2 is 2.47 bits per heavy atom. The van der Waals surface area contributed by atoms with Crippen LogP contribution in [0.5, 0.6) is 0 Å². The number of nitrogens with zero attached hydrogens (tertiary/aromatic N) is 3. The molecule has 0 radical (unpaired) electrons. The largest absolute Gasteiger partial charge is 0.481 e. The van der Waals surface area contributed by atoms with E-state index in [0.717, 1.165) is 5.82 Å². The topological polar surface area (TPSA) is 77.2 Å². The van der Waals surface area contributed by atoms with Gasteiger partial charge in [-0.2, -0.15) is 0 Å². The maximum absolute atomic E-state index is 10.3. The van der Waals surface area contributed by atoms with Gasteiger partial charge in [-0.15, -0.1) is 10.2 Å². The van der Waals surface area contributed by atoms with Crippen molar-refractivity contribution >= 4 is 5.97 Å². The van der Waals surface area contributed by atoms with Crippen molar-refractivity contribution < 1.29 is 14.6 Å². The Bertz CT molecular complexity index is 311. The molecule has 0 unspecified atom stereocenters. The van der Waals surface area contributed by atoms with E-state index in [1.54, 1.807) is 13.4 Å². The molecule has 0 aliphatic rings. The molecule has 1 rings (SSSR count). The highest BCUT2D eigenvalue weighted by molar-refractivity contribution is 5.66. The number of methoxy groups -OCH3 is 1. The molecule has 0 saturated carbocycles. The maximum Gasteiger partial charge on any atom is 0.303 e. The Kier molecular flexibility index (Phi) is 4.76. The number of ether oxygens (including phenoxy) is 1. The molecule has 0 atom stereocenters. The van der Waals surface area contributed by atoms with Crippen molar-refractivity contribution in [3.63, 3.8) is 0 Å². The maximum atomic E-state index is 10.3. The Labute approximate surface area is 87.9 Å². The van der Waals surface area contributed by atoms with E-state index in [2.05, 4.69) is 10.2 Å². The van der Waals surface area contributed by atoms with E-state index in [1.165, 1.54) is 0 Å². The molecule has 15 heavy (non-hydrogen) atoms. The molecule has 6 heteroatoms. The SMILES string of the molecule is COCCn1cnnc1CCCC(=O)O. The van der Waals surface area contributed by atoms with Crippen LogP contribution in [0.1, 0.15) is 18.7 Å². The molecule has 1 aromatic rings. The summed E-state index contributed by atoms with van der Waals surface area (Å²) in [6, 6.07) is 0. The number of hydrogen-bond acceptors (Lipinski definition) is 4. The van der Waals surface area contributed by atoms with Gasteiger partial charge >= 0.3 is 5.97 Å². The van der Waals surface area contributed by atoms with Gasteiger partial charge in [0.2, 0.25) is 0 Å². The summed E-state index contributed by atoms with van der Waals surface area (Å²) in [6.07, 6.45) is 3.02. The summed E-state index contributed by atoms with van der Waals surface area (Å²) < 4.78 is 6.82. The fourth-order valence-electron chi connectivity index (χ4n) is 1.25. The third-order valence-corrected chi connectivity index (χ3v) is 2.02. The van der Waals surface area contributed by atoms with Crippen LogP contribution in [0.3, 0.4) is 0 Å². The summed E-state index contributed by atoms with van der Waals surface area (Å²) in [4.78, 5) is 10.3. The number of carbonyl (C=O) groups is 1. The summed E-state index contributed by atoms with van der Waals surface area (Å²) in [5.41, 5.74) is 0. The monoisotopic (exact) mass is 213 g/mol. The summed E-state index contributed by atoms with van der Waals surface area (Å²) in [6.45, 7) is 1.30. The quantitative estimate of drug-likeness (QED) is 0.706. The highest BCUT2D eigenvalue weighted by Crippen LogP contribution is 2.02. The lowest BCUT2D eigenvalue weighted by molar-refractivity contribution is -0.137. The number of rotatable bonds is 7. The Morgan fingerprint density at radius 1 is 1.67 bits per heavy atom. The second-order valence-corrected chi connectivity index (χ2v) is 3.18. The number of aromatic nitrogens is 3. The van der Waals surface area contributed by atoms with Gasteiger partial charge in [-0.05, 0) is 6.42 Å². The molecule has 6 nitrogen and oxygen atoms in total. The van der Waals surface area contributed by atoms with E-state index in [1.807, 2.05) is 4.57 Å². The van der Waals surface area contributed by atoms with Crippen LogP contribution < -0.4 is 0 Å². The molecular weight excluding hydrogens is 198 g/mol. The predicted octanol–water partition coefficient (Wildman–Crippen LogP) is 0.332.